The van der Waals surface area contributed by atoms with Crippen LogP contribution in [0.1, 0.15) is 50.5 Å². The number of rotatable bonds is 4. The summed E-state index contributed by atoms with van der Waals surface area (Å²) < 4.78 is 40.6. The SMILES string of the molecule is Cc1cc(F)ccc1S(=O)(=O)N1CCC[C@@H]1C(=O)NC1CCCCC1. The molecule has 3 rings (SSSR count). The molecule has 1 aliphatic carbocycles. The van der Waals surface area contributed by atoms with Crippen LogP contribution in [0.25, 0.3) is 0 Å². The van der Waals surface area contributed by atoms with Crippen LogP contribution in [0.2, 0.25) is 0 Å². The predicted octanol–water partition coefficient (Wildman–Crippen LogP) is 2.74. The van der Waals surface area contributed by atoms with Crippen molar-refractivity contribution in [3.63, 3.8) is 0 Å². The second kappa shape index (κ2) is 7.41. The lowest BCUT2D eigenvalue weighted by Gasteiger charge is -2.28. The van der Waals surface area contributed by atoms with Crippen molar-refractivity contribution in [2.75, 3.05) is 6.54 Å². The van der Waals surface area contributed by atoms with E-state index in [1.807, 2.05) is 0 Å². The van der Waals surface area contributed by atoms with Gasteiger partial charge in [0.1, 0.15) is 11.9 Å². The smallest absolute Gasteiger partial charge is 0.244 e. The van der Waals surface area contributed by atoms with E-state index in [2.05, 4.69) is 5.32 Å². The summed E-state index contributed by atoms with van der Waals surface area (Å²) in [4.78, 5) is 12.7. The third kappa shape index (κ3) is 3.87. The number of nitrogens with zero attached hydrogens (tertiary/aromatic N) is 1. The van der Waals surface area contributed by atoms with Crippen LogP contribution in [-0.2, 0) is 14.8 Å². The summed E-state index contributed by atoms with van der Waals surface area (Å²) in [6, 6.07) is 3.12. The van der Waals surface area contributed by atoms with Gasteiger partial charge < -0.3 is 5.32 Å². The minimum absolute atomic E-state index is 0.0752. The molecule has 0 bridgehead atoms. The summed E-state index contributed by atoms with van der Waals surface area (Å²) in [6.45, 7) is 1.89. The molecular weight excluding hydrogens is 343 g/mol. The molecule has 7 heteroatoms. The molecule has 1 saturated carbocycles. The van der Waals surface area contributed by atoms with Crippen LogP contribution in [0.3, 0.4) is 0 Å². The van der Waals surface area contributed by atoms with Gasteiger partial charge in [0.2, 0.25) is 15.9 Å². The molecule has 1 aromatic rings. The van der Waals surface area contributed by atoms with Crippen molar-refractivity contribution in [1.82, 2.24) is 9.62 Å². The lowest BCUT2D eigenvalue weighted by molar-refractivity contribution is -0.125. The first-order chi connectivity index (χ1) is 11.9. The second-order valence-electron chi connectivity index (χ2n) is 7.03. The number of hydrogen-bond donors (Lipinski definition) is 1. The number of halogens is 1. The average molecular weight is 368 g/mol. The van der Waals surface area contributed by atoms with Crippen LogP contribution in [0.4, 0.5) is 4.39 Å². The number of nitrogens with one attached hydrogen (secondary N) is 1. The van der Waals surface area contributed by atoms with Gasteiger partial charge in [-0.1, -0.05) is 19.3 Å². The average Bonchev–Trinajstić information content (AvgIpc) is 3.06. The normalized spacial score (nSPS) is 22.9. The fraction of sp³-hybridized carbons (Fsp3) is 0.611. The predicted molar refractivity (Wildman–Crippen MR) is 93.1 cm³/mol. The van der Waals surface area contributed by atoms with Gasteiger partial charge in [-0.15, -0.1) is 0 Å². The Kier molecular flexibility index (Phi) is 5.43. The van der Waals surface area contributed by atoms with Crippen LogP contribution in [-0.4, -0.2) is 37.3 Å². The van der Waals surface area contributed by atoms with Gasteiger partial charge in [0.05, 0.1) is 4.90 Å². The summed E-state index contributed by atoms with van der Waals surface area (Å²) in [5, 5.41) is 3.03. The van der Waals surface area contributed by atoms with E-state index in [4.69, 9.17) is 0 Å². The van der Waals surface area contributed by atoms with E-state index in [9.17, 15) is 17.6 Å². The Morgan fingerprint density at radius 2 is 1.88 bits per heavy atom. The number of aryl methyl sites for hydroxylation is 1. The van der Waals surface area contributed by atoms with Gasteiger partial charge in [-0.2, -0.15) is 4.31 Å². The van der Waals surface area contributed by atoms with Crippen molar-refractivity contribution in [2.45, 2.75) is 68.8 Å². The maximum absolute atomic E-state index is 13.3. The lowest BCUT2D eigenvalue weighted by Crippen LogP contribution is -2.49. The molecule has 1 atom stereocenters. The van der Waals surface area contributed by atoms with E-state index >= 15 is 0 Å². The molecule has 1 heterocycles. The van der Waals surface area contributed by atoms with Gasteiger partial charge in [-0.05, 0) is 56.4 Å². The van der Waals surface area contributed by atoms with Gasteiger partial charge in [0.15, 0.2) is 0 Å². The Bertz CT molecular complexity index is 745. The Morgan fingerprint density at radius 1 is 1.16 bits per heavy atom. The zero-order valence-electron chi connectivity index (χ0n) is 14.5. The second-order valence-corrected chi connectivity index (χ2v) is 8.89. The Morgan fingerprint density at radius 3 is 2.56 bits per heavy atom. The first kappa shape index (κ1) is 18.3. The van der Waals surface area contributed by atoms with Crippen LogP contribution in [0, 0.1) is 12.7 Å². The van der Waals surface area contributed by atoms with Crippen molar-refractivity contribution in [3.8, 4) is 0 Å². The topological polar surface area (TPSA) is 66.5 Å². The van der Waals surface area contributed by atoms with E-state index in [0.717, 1.165) is 31.7 Å². The van der Waals surface area contributed by atoms with E-state index in [1.54, 1.807) is 6.92 Å². The summed E-state index contributed by atoms with van der Waals surface area (Å²) in [5.74, 6) is -0.669. The zero-order valence-corrected chi connectivity index (χ0v) is 15.3. The first-order valence-electron chi connectivity index (χ1n) is 8.98. The number of sulfonamides is 1. The van der Waals surface area contributed by atoms with Crippen LogP contribution < -0.4 is 5.32 Å². The zero-order chi connectivity index (χ0) is 18.0. The standard InChI is InChI=1S/C18H25FN2O3S/c1-13-12-14(19)9-10-17(13)25(23,24)21-11-5-8-16(21)18(22)20-15-6-3-2-4-7-15/h9-10,12,15-16H,2-8,11H2,1H3,(H,20,22)/t16-/m1/s1. The Balaban J connectivity index is 1.78. The highest BCUT2D eigenvalue weighted by Crippen LogP contribution is 2.29. The maximum Gasteiger partial charge on any atom is 0.244 e. The minimum Gasteiger partial charge on any atom is -0.352 e. The fourth-order valence-corrected chi connectivity index (χ4v) is 5.73. The molecular formula is C18H25FN2O3S. The van der Waals surface area contributed by atoms with Crippen LogP contribution >= 0.6 is 0 Å². The molecule has 0 aromatic heterocycles. The van der Waals surface area contributed by atoms with E-state index in [1.165, 1.54) is 22.9 Å². The molecule has 25 heavy (non-hydrogen) atoms. The molecule has 1 saturated heterocycles. The first-order valence-corrected chi connectivity index (χ1v) is 10.4. The fourth-order valence-electron chi connectivity index (χ4n) is 3.86. The molecule has 0 radical (unpaired) electrons. The molecule has 1 aliphatic heterocycles. The molecule has 0 unspecified atom stereocenters. The van der Waals surface area contributed by atoms with Gasteiger partial charge in [-0.3, -0.25) is 4.79 Å². The quantitative estimate of drug-likeness (QED) is 0.889. The number of hydrogen-bond acceptors (Lipinski definition) is 3. The highest BCUT2D eigenvalue weighted by Gasteiger charge is 2.40. The van der Waals surface area contributed by atoms with Crippen LogP contribution in [0.15, 0.2) is 23.1 Å². The Labute approximate surface area is 148 Å². The maximum atomic E-state index is 13.3. The third-order valence-corrected chi connectivity index (χ3v) is 7.25. The molecule has 5 nitrogen and oxygen atoms in total. The van der Waals surface area contributed by atoms with Gasteiger partial charge in [0.25, 0.3) is 0 Å². The number of amides is 1. The summed E-state index contributed by atoms with van der Waals surface area (Å²) in [5.41, 5.74) is 0.360. The molecule has 138 valence electrons. The highest BCUT2D eigenvalue weighted by molar-refractivity contribution is 7.89. The van der Waals surface area contributed by atoms with Gasteiger partial charge in [-0.25, -0.2) is 12.8 Å². The summed E-state index contributed by atoms with van der Waals surface area (Å²) >= 11 is 0. The molecule has 1 N–H and O–H groups in total. The summed E-state index contributed by atoms with van der Waals surface area (Å²) in [7, 11) is -3.82. The molecule has 0 spiro atoms. The molecule has 2 fully saturated rings. The van der Waals surface area contributed by atoms with Crippen molar-refractivity contribution in [1.29, 1.82) is 0 Å². The van der Waals surface area contributed by atoms with Crippen molar-refractivity contribution in [3.05, 3.63) is 29.6 Å². The molecule has 2 aliphatic rings. The summed E-state index contributed by atoms with van der Waals surface area (Å²) in [6.07, 6.45) is 6.50. The Hall–Kier alpha value is -1.47. The van der Waals surface area contributed by atoms with Gasteiger partial charge in [0, 0.05) is 12.6 Å². The minimum atomic E-state index is -3.82. The van der Waals surface area contributed by atoms with Crippen molar-refractivity contribution >= 4 is 15.9 Å². The number of carbonyl (C=O) groups excluding carboxylic acids is 1. The lowest BCUT2D eigenvalue weighted by atomic mass is 9.95. The van der Waals surface area contributed by atoms with E-state index in [0.29, 0.717) is 24.9 Å². The van der Waals surface area contributed by atoms with Crippen molar-refractivity contribution in [2.24, 2.45) is 0 Å². The monoisotopic (exact) mass is 368 g/mol. The largest absolute Gasteiger partial charge is 0.352 e. The van der Waals surface area contributed by atoms with E-state index in [-0.39, 0.29) is 16.8 Å². The van der Waals surface area contributed by atoms with E-state index < -0.39 is 21.9 Å². The number of benzene rings is 1. The molecule has 1 aromatic carbocycles. The number of carbonyl (C=O) groups is 1. The highest BCUT2D eigenvalue weighted by atomic mass is 32.2. The van der Waals surface area contributed by atoms with Crippen LogP contribution in [0.5, 0.6) is 0 Å². The van der Waals surface area contributed by atoms with Gasteiger partial charge >= 0.3 is 0 Å². The molecule has 1 amide bonds. The van der Waals surface area contributed by atoms with Crippen molar-refractivity contribution < 1.29 is 17.6 Å². The third-order valence-electron chi connectivity index (χ3n) is 5.18.